The summed E-state index contributed by atoms with van der Waals surface area (Å²) in [5.74, 6) is -0.861. The van der Waals surface area contributed by atoms with Crippen molar-refractivity contribution in [3.63, 3.8) is 0 Å². The van der Waals surface area contributed by atoms with Crippen LogP contribution in [0.25, 0.3) is 28.0 Å². The fourth-order valence-electron chi connectivity index (χ4n) is 5.91. The van der Waals surface area contributed by atoms with E-state index in [1.807, 2.05) is 32.0 Å². The van der Waals surface area contributed by atoms with Crippen LogP contribution in [0.2, 0.25) is 0 Å². The zero-order valence-electron chi connectivity index (χ0n) is 23.9. The quantitative estimate of drug-likeness (QED) is 0.297. The van der Waals surface area contributed by atoms with Crippen molar-refractivity contribution >= 4 is 32.2 Å². The highest BCUT2D eigenvalue weighted by atomic mass is 32.2. The molecule has 1 aliphatic carbocycles. The number of rotatable bonds is 9. The fraction of sp³-hybridized carbons (Fsp3) is 0.448. The van der Waals surface area contributed by atoms with Crippen molar-refractivity contribution in [3.05, 3.63) is 48.5 Å². The fourth-order valence-corrected chi connectivity index (χ4v) is 7.07. The Labute approximate surface area is 243 Å². The Bertz CT molecular complexity index is 1750. The molecule has 13 heteroatoms. The molecule has 222 valence electrons. The van der Waals surface area contributed by atoms with Crippen LogP contribution in [0.1, 0.15) is 25.5 Å². The molecule has 1 saturated carbocycles. The minimum absolute atomic E-state index is 0.00129. The Morgan fingerprint density at radius 3 is 2.64 bits per heavy atom. The average molecular weight is 598 g/mol. The van der Waals surface area contributed by atoms with Gasteiger partial charge in [0.05, 0.1) is 35.8 Å². The van der Waals surface area contributed by atoms with Crippen molar-refractivity contribution in [2.75, 3.05) is 42.4 Å². The van der Waals surface area contributed by atoms with E-state index in [0.717, 1.165) is 27.8 Å². The summed E-state index contributed by atoms with van der Waals surface area (Å²) in [5, 5.41) is 8.77. The van der Waals surface area contributed by atoms with E-state index in [1.165, 1.54) is 6.26 Å². The van der Waals surface area contributed by atoms with Crippen molar-refractivity contribution in [2.24, 2.45) is 11.8 Å². The van der Waals surface area contributed by atoms with E-state index < -0.39 is 15.8 Å². The van der Waals surface area contributed by atoms with E-state index in [0.29, 0.717) is 36.2 Å². The summed E-state index contributed by atoms with van der Waals surface area (Å²) in [6, 6.07) is 7.50. The van der Waals surface area contributed by atoms with Gasteiger partial charge in [0.2, 0.25) is 5.92 Å². The number of methoxy groups -OCH3 is 1. The number of nitrogens with zero attached hydrogens (tertiary/aromatic N) is 6. The van der Waals surface area contributed by atoms with Gasteiger partial charge in [0.15, 0.2) is 5.82 Å². The van der Waals surface area contributed by atoms with Gasteiger partial charge in [0.25, 0.3) is 0 Å². The van der Waals surface area contributed by atoms with Gasteiger partial charge in [0, 0.05) is 85.4 Å². The number of hydrogen-bond donors (Lipinski definition) is 1. The molecule has 0 radical (unpaired) electrons. The van der Waals surface area contributed by atoms with Crippen LogP contribution >= 0.6 is 0 Å². The van der Waals surface area contributed by atoms with Gasteiger partial charge in [-0.15, -0.1) is 0 Å². The Balaban J connectivity index is 1.38. The third-order valence-electron chi connectivity index (χ3n) is 8.25. The van der Waals surface area contributed by atoms with Crippen LogP contribution in [0.5, 0.6) is 5.75 Å². The van der Waals surface area contributed by atoms with E-state index in [9.17, 15) is 17.2 Å². The maximum Gasteiger partial charge on any atom is 0.248 e. The molecule has 4 aromatic heterocycles. The summed E-state index contributed by atoms with van der Waals surface area (Å²) in [5.41, 5.74) is 3.82. The molecule has 0 spiro atoms. The van der Waals surface area contributed by atoms with E-state index in [-0.39, 0.29) is 36.5 Å². The van der Waals surface area contributed by atoms with Crippen LogP contribution in [0.4, 0.5) is 20.3 Å². The highest BCUT2D eigenvalue weighted by Gasteiger charge is 2.45. The minimum Gasteiger partial charge on any atom is -0.496 e. The lowest BCUT2D eigenvalue weighted by molar-refractivity contribution is -0.106. The van der Waals surface area contributed by atoms with Crippen LogP contribution in [-0.4, -0.2) is 77.3 Å². The molecule has 1 N–H and O–H groups in total. The van der Waals surface area contributed by atoms with Gasteiger partial charge in [-0.25, -0.2) is 26.9 Å². The number of hydrogen-bond acceptors (Lipinski definition) is 9. The first-order chi connectivity index (χ1) is 19.9. The van der Waals surface area contributed by atoms with Crippen LogP contribution < -0.4 is 15.0 Å². The third-order valence-corrected chi connectivity index (χ3v) is 9.28. The monoisotopic (exact) mass is 597 g/mol. The van der Waals surface area contributed by atoms with E-state index in [4.69, 9.17) is 14.7 Å². The van der Waals surface area contributed by atoms with E-state index >= 15 is 0 Å². The first-order valence-corrected chi connectivity index (χ1v) is 15.9. The standard InChI is InChI=1S/C29H33F2N7O3S/c1-17-22-14-34-38(25(22)9-24(35-17)23-13-32-6-5-26(23)41-3)28-8-21(37-15-20(18(37)2)16-42(4,39)40)7-27(36-28)33-12-19-10-29(30,31)11-19/h5-9,13-14,18-20H,10-12,15-16H2,1-4H3,(H,33,36)/t18-,20-/m1/s1. The smallest absolute Gasteiger partial charge is 0.248 e. The summed E-state index contributed by atoms with van der Waals surface area (Å²) in [6.07, 6.45) is 6.08. The van der Waals surface area contributed by atoms with Crippen LogP contribution in [0, 0.1) is 18.8 Å². The number of aryl methyl sites for hydroxylation is 1. The molecule has 1 aliphatic heterocycles. The van der Waals surface area contributed by atoms with Gasteiger partial charge in [-0.2, -0.15) is 5.10 Å². The molecule has 5 heterocycles. The first-order valence-electron chi connectivity index (χ1n) is 13.8. The van der Waals surface area contributed by atoms with Crippen molar-refractivity contribution < 1.29 is 21.9 Å². The highest BCUT2D eigenvalue weighted by Crippen LogP contribution is 2.42. The summed E-state index contributed by atoms with van der Waals surface area (Å²) in [4.78, 5) is 16.0. The van der Waals surface area contributed by atoms with Gasteiger partial charge in [0.1, 0.15) is 21.4 Å². The molecule has 6 rings (SSSR count). The maximum absolute atomic E-state index is 13.4. The highest BCUT2D eigenvalue weighted by molar-refractivity contribution is 7.90. The van der Waals surface area contributed by atoms with Gasteiger partial charge in [-0.1, -0.05) is 0 Å². The maximum atomic E-state index is 13.4. The zero-order chi connectivity index (χ0) is 29.8. The average Bonchev–Trinajstić information content (AvgIpc) is 3.36. The largest absolute Gasteiger partial charge is 0.496 e. The number of alkyl halides is 2. The predicted molar refractivity (Wildman–Crippen MR) is 157 cm³/mol. The zero-order valence-corrected chi connectivity index (χ0v) is 24.7. The molecule has 42 heavy (non-hydrogen) atoms. The minimum atomic E-state index is -3.11. The van der Waals surface area contributed by atoms with Crippen molar-refractivity contribution in [1.82, 2.24) is 24.7 Å². The van der Waals surface area contributed by atoms with Crippen molar-refractivity contribution in [3.8, 4) is 22.8 Å². The van der Waals surface area contributed by atoms with Crippen LogP contribution in [-0.2, 0) is 9.84 Å². The SMILES string of the molecule is COc1ccncc1-c1cc2c(cnn2-c2cc(N3C[C@H](CS(C)(=O)=O)[C@H]3C)cc(NCC3CC(F)(F)C3)n2)c(C)n1. The summed E-state index contributed by atoms with van der Waals surface area (Å²) >= 11 is 0. The molecule has 2 fully saturated rings. The topological polar surface area (TPSA) is 115 Å². The molecule has 0 amide bonds. The summed E-state index contributed by atoms with van der Waals surface area (Å²) in [7, 11) is -1.51. The van der Waals surface area contributed by atoms with E-state index in [1.54, 1.807) is 36.4 Å². The lowest BCUT2D eigenvalue weighted by Gasteiger charge is -2.48. The molecular weight excluding hydrogens is 564 g/mol. The lowest BCUT2D eigenvalue weighted by Crippen LogP contribution is -2.57. The molecular formula is C29H33F2N7O3S. The van der Waals surface area contributed by atoms with Gasteiger partial charge >= 0.3 is 0 Å². The Morgan fingerprint density at radius 2 is 1.95 bits per heavy atom. The van der Waals surface area contributed by atoms with Gasteiger partial charge in [-0.3, -0.25) is 9.97 Å². The molecule has 4 aromatic rings. The molecule has 2 atom stereocenters. The first kappa shape index (κ1) is 28.3. The summed E-state index contributed by atoms with van der Waals surface area (Å²) < 4.78 is 58.0. The number of pyridine rings is 3. The molecule has 0 unspecified atom stereocenters. The normalized spacial score (nSPS) is 20.3. The Kier molecular flexibility index (Phi) is 7.03. The van der Waals surface area contributed by atoms with Crippen LogP contribution in [0.15, 0.2) is 42.9 Å². The molecule has 10 nitrogen and oxygen atoms in total. The lowest BCUT2D eigenvalue weighted by atomic mass is 9.81. The molecule has 0 bridgehead atoms. The Hall–Kier alpha value is -3.87. The second kappa shape index (κ2) is 10.4. The second-order valence-corrected chi connectivity index (χ2v) is 13.7. The van der Waals surface area contributed by atoms with Gasteiger partial charge in [-0.05, 0) is 31.9 Å². The van der Waals surface area contributed by atoms with Crippen molar-refractivity contribution in [2.45, 2.75) is 38.7 Å². The third kappa shape index (κ3) is 5.49. The van der Waals surface area contributed by atoms with Crippen molar-refractivity contribution in [1.29, 1.82) is 0 Å². The molecule has 0 aromatic carbocycles. The number of anilines is 2. The number of nitrogens with one attached hydrogen (secondary N) is 1. The number of sulfone groups is 1. The number of halogens is 2. The predicted octanol–water partition coefficient (Wildman–Crippen LogP) is 4.52. The molecule has 1 saturated heterocycles. The number of aromatic nitrogens is 5. The van der Waals surface area contributed by atoms with E-state index in [2.05, 4.69) is 20.3 Å². The number of ether oxygens (including phenoxy) is 1. The molecule has 2 aliphatic rings. The number of fused-ring (bicyclic) bond motifs is 1. The van der Waals surface area contributed by atoms with Gasteiger partial charge < -0.3 is 15.0 Å². The second-order valence-electron chi connectivity index (χ2n) is 11.5. The van der Waals surface area contributed by atoms with Crippen LogP contribution in [0.3, 0.4) is 0 Å². The summed E-state index contributed by atoms with van der Waals surface area (Å²) in [6.45, 7) is 4.88. The Morgan fingerprint density at radius 1 is 1.17 bits per heavy atom.